The Balaban J connectivity index is 1.26. The van der Waals surface area contributed by atoms with Gasteiger partial charge >= 0.3 is 0 Å². The number of hydrogen-bond acceptors (Lipinski definition) is 2. The lowest BCUT2D eigenvalue weighted by molar-refractivity contribution is -0.0200. The maximum atomic E-state index is 5.72. The van der Waals surface area contributed by atoms with Crippen LogP contribution in [0.15, 0.2) is 0 Å². The van der Waals surface area contributed by atoms with Gasteiger partial charge in [0.15, 0.2) is 0 Å². The summed E-state index contributed by atoms with van der Waals surface area (Å²) in [6.45, 7) is 2.24. The highest BCUT2D eigenvalue weighted by molar-refractivity contribution is 5.06. The zero-order chi connectivity index (χ0) is 12.7. The molecule has 2 heteroatoms. The van der Waals surface area contributed by atoms with Crippen molar-refractivity contribution in [1.29, 1.82) is 0 Å². The molecule has 1 heterocycles. The third-order valence-corrected chi connectivity index (χ3v) is 6.27. The average Bonchev–Trinajstić information content (AvgIpc) is 2.86. The van der Waals surface area contributed by atoms with Gasteiger partial charge in [-0.15, -0.1) is 0 Å². The Labute approximate surface area is 117 Å². The van der Waals surface area contributed by atoms with Crippen LogP contribution in [0.5, 0.6) is 0 Å². The van der Waals surface area contributed by atoms with E-state index in [1.54, 1.807) is 19.3 Å². The van der Waals surface area contributed by atoms with Gasteiger partial charge in [0.25, 0.3) is 0 Å². The Morgan fingerprint density at radius 1 is 1.00 bits per heavy atom. The lowest BCUT2D eigenvalue weighted by Gasteiger charge is -2.57. The summed E-state index contributed by atoms with van der Waals surface area (Å²) in [5.74, 6) is 3.20. The van der Waals surface area contributed by atoms with Gasteiger partial charge in [-0.3, -0.25) is 0 Å². The van der Waals surface area contributed by atoms with Gasteiger partial charge in [0.2, 0.25) is 0 Å². The van der Waals surface area contributed by atoms with E-state index in [-0.39, 0.29) is 0 Å². The van der Waals surface area contributed by atoms with E-state index in [9.17, 15) is 0 Å². The second-order valence-corrected chi connectivity index (χ2v) is 7.90. The molecule has 5 fully saturated rings. The highest BCUT2D eigenvalue weighted by Crippen LogP contribution is 2.55. The molecule has 1 saturated heterocycles. The molecule has 4 bridgehead atoms. The van der Waals surface area contributed by atoms with Crippen molar-refractivity contribution >= 4 is 0 Å². The second kappa shape index (κ2) is 5.04. The highest BCUT2D eigenvalue weighted by Gasteiger charge is 2.50. The molecule has 0 amide bonds. The van der Waals surface area contributed by atoms with Crippen molar-refractivity contribution in [2.24, 2.45) is 17.8 Å². The van der Waals surface area contributed by atoms with Crippen LogP contribution in [0.2, 0.25) is 0 Å². The van der Waals surface area contributed by atoms with Crippen molar-refractivity contribution in [2.75, 3.05) is 13.2 Å². The van der Waals surface area contributed by atoms with Gasteiger partial charge in [-0.25, -0.2) is 0 Å². The van der Waals surface area contributed by atoms with E-state index in [2.05, 4.69) is 5.32 Å². The zero-order valence-electron chi connectivity index (χ0n) is 12.2. The Hall–Kier alpha value is -0.0800. The fourth-order valence-corrected chi connectivity index (χ4v) is 5.88. The van der Waals surface area contributed by atoms with E-state index in [0.29, 0.717) is 11.6 Å². The van der Waals surface area contributed by atoms with Crippen LogP contribution in [0, 0.1) is 17.8 Å². The first-order valence-electron chi connectivity index (χ1n) is 8.68. The molecule has 4 saturated carbocycles. The number of nitrogens with one attached hydrogen (secondary N) is 1. The molecular weight excluding hydrogens is 234 g/mol. The Bertz CT molecular complexity index is 286. The summed E-state index contributed by atoms with van der Waals surface area (Å²) in [6, 6.07) is 0. The summed E-state index contributed by atoms with van der Waals surface area (Å²) in [5, 5.41) is 4.00. The maximum absolute atomic E-state index is 5.72. The molecule has 0 aromatic heterocycles. The largest absolute Gasteiger partial charge is 0.378 e. The third kappa shape index (κ3) is 2.58. The van der Waals surface area contributed by atoms with Gasteiger partial charge in [-0.2, -0.15) is 0 Å². The molecule has 2 nitrogen and oxygen atoms in total. The monoisotopic (exact) mass is 263 g/mol. The molecule has 1 atom stereocenters. The van der Waals surface area contributed by atoms with Crippen molar-refractivity contribution in [3.05, 3.63) is 0 Å². The third-order valence-electron chi connectivity index (χ3n) is 6.27. The first kappa shape index (κ1) is 12.6. The minimum Gasteiger partial charge on any atom is -0.378 e. The van der Waals surface area contributed by atoms with Crippen LogP contribution in [0.25, 0.3) is 0 Å². The average molecular weight is 263 g/mol. The van der Waals surface area contributed by atoms with Crippen LogP contribution < -0.4 is 5.32 Å². The van der Waals surface area contributed by atoms with Gasteiger partial charge in [0.05, 0.1) is 6.10 Å². The van der Waals surface area contributed by atoms with E-state index in [1.165, 1.54) is 51.5 Å². The van der Waals surface area contributed by atoms with Crippen molar-refractivity contribution in [3.63, 3.8) is 0 Å². The van der Waals surface area contributed by atoms with E-state index in [0.717, 1.165) is 24.4 Å². The summed E-state index contributed by atoms with van der Waals surface area (Å²) >= 11 is 0. The van der Waals surface area contributed by atoms with Crippen molar-refractivity contribution in [1.82, 2.24) is 5.32 Å². The first-order valence-corrected chi connectivity index (χ1v) is 8.68. The maximum Gasteiger partial charge on any atom is 0.0576 e. The predicted molar refractivity (Wildman–Crippen MR) is 77.1 cm³/mol. The number of ether oxygens (including phenoxy) is 1. The molecule has 108 valence electrons. The minimum absolute atomic E-state index is 0.561. The van der Waals surface area contributed by atoms with Gasteiger partial charge < -0.3 is 10.1 Å². The molecule has 0 spiro atoms. The smallest absolute Gasteiger partial charge is 0.0576 e. The molecule has 0 aromatic rings. The molecule has 19 heavy (non-hydrogen) atoms. The summed E-state index contributed by atoms with van der Waals surface area (Å²) in [4.78, 5) is 0. The molecule has 1 unspecified atom stereocenters. The normalized spacial score (nSPS) is 48.0. The van der Waals surface area contributed by atoms with Crippen LogP contribution >= 0.6 is 0 Å². The molecule has 5 rings (SSSR count). The zero-order valence-corrected chi connectivity index (χ0v) is 12.2. The summed E-state index contributed by atoms with van der Waals surface area (Å²) in [7, 11) is 0. The lowest BCUT2D eigenvalue weighted by Crippen LogP contribution is -2.58. The quantitative estimate of drug-likeness (QED) is 0.767. The Morgan fingerprint density at radius 2 is 1.68 bits per heavy atom. The van der Waals surface area contributed by atoms with E-state index in [4.69, 9.17) is 4.74 Å². The Kier molecular flexibility index (Phi) is 3.35. The summed E-state index contributed by atoms with van der Waals surface area (Å²) in [5.41, 5.74) is 0.561. The molecule has 0 aromatic carbocycles. The first-order chi connectivity index (χ1) is 9.31. The fourth-order valence-electron chi connectivity index (χ4n) is 5.88. The van der Waals surface area contributed by atoms with Crippen LogP contribution in [0.1, 0.15) is 64.2 Å². The topological polar surface area (TPSA) is 21.3 Å². The number of hydrogen-bond donors (Lipinski definition) is 1. The van der Waals surface area contributed by atoms with Crippen molar-refractivity contribution < 1.29 is 4.74 Å². The van der Waals surface area contributed by atoms with Gasteiger partial charge in [0.1, 0.15) is 0 Å². The molecule has 0 radical (unpaired) electrons. The van der Waals surface area contributed by atoms with Crippen LogP contribution in [0.4, 0.5) is 0 Å². The molecule has 1 N–H and O–H groups in total. The van der Waals surface area contributed by atoms with Crippen molar-refractivity contribution in [2.45, 2.75) is 75.9 Å². The Morgan fingerprint density at radius 3 is 2.26 bits per heavy atom. The lowest BCUT2D eigenvalue weighted by atomic mass is 9.53. The molecule has 4 aliphatic carbocycles. The van der Waals surface area contributed by atoms with Crippen molar-refractivity contribution in [3.8, 4) is 0 Å². The SMILES string of the molecule is C(CNC12CC3CC(CC(C3)C1)C2)CC1CCCO1. The molecule has 1 aliphatic heterocycles. The standard InChI is InChI=1S/C17H29NO/c1(3-16-4-2-6-19-16)5-18-17-10-13-7-14(11-17)9-15(8-13)12-17/h13-16,18H,1-12H2. The van der Waals surface area contributed by atoms with Gasteiger partial charge in [-0.1, -0.05) is 0 Å². The second-order valence-electron chi connectivity index (χ2n) is 7.90. The number of rotatable bonds is 5. The van der Waals surface area contributed by atoms with E-state index in [1.807, 2.05) is 0 Å². The highest BCUT2D eigenvalue weighted by atomic mass is 16.5. The van der Waals surface area contributed by atoms with Crippen LogP contribution in [-0.2, 0) is 4.74 Å². The molecular formula is C17H29NO. The van der Waals surface area contributed by atoms with Gasteiger partial charge in [-0.05, 0) is 88.5 Å². The van der Waals surface area contributed by atoms with Gasteiger partial charge in [0, 0.05) is 12.1 Å². The minimum atomic E-state index is 0.561. The summed E-state index contributed by atoms with van der Waals surface area (Å²) < 4.78 is 5.72. The fraction of sp³-hybridized carbons (Fsp3) is 1.00. The van der Waals surface area contributed by atoms with E-state index >= 15 is 0 Å². The van der Waals surface area contributed by atoms with Crippen LogP contribution in [0.3, 0.4) is 0 Å². The molecule has 5 aliphatic rings. The van der Waals surface area contributed by atoms with Crippen LogP contribution in [-0.4, -0.2) is 24.8 Å². The summed E-state index contributed by atoms with van der Waals surface area (Å²) in [6.07, 6.45) is 14.9. The predicted octanol–water partition coefficient (Wildman–Crippen LogP) is 3.50. The van der Waals surface area contributed by atoms with E-state index < -0.39 is 0 Å².